The molecule has 0 saturated carbocycles. The highest BCUT2D eigenvalue weighted by Gasteiger charge is 2.33. The molecule has 50 heavy (non-hydrogen) atoms. The molecule has 3 aromatic carbocycles. The van der Waals surface area contributed by atoms with Gasteiger partial charge >= 0.3 is 5.97 Å². The van der Waals surface area contributed by atoms with Crippen molar-refractivity contribution in [3.8, 4) is 11.3 Å². The highest BCUT2D eigenvalue weighted by Crippen LogP contribution is 2.33. The van der Waals surface area contributed by atoms with Gasteiger partial charge in [-0.15, -0.1) is 0 Å². The maximum Gasteiger partial charge on any atom is 0.310 e. The Morgan fingerprint density at radius 1 is 0.960 bits per heavy atom. The van der Waals surface area contributed by atoms with Gasteiger partial charge in [0.25, 0.3) is 12.1 Å². The smallest absolute Gasteiger partial charge is 0.310 e. The number of rotatable bonds is 11. The highest BCUT2D eigenvalue weighted by molar-refractivity contribution is 6.09. The Morgan fingerprint density at radius 3 is 2.34 bits per heavy atom. The molecular formula is C39H44N6O5. The molecule has 3 heterocycles. The summed E-state index contributed by atoms with van der Waals surface area (Å²) < 4.78 is 5.27. The maximum absolute atomic E-state index is 14.3. The van der Waals surface area contributed by atoms with Crippen molar-refractivity contribution in [2.75, 3.05) is 45.9 Å². The van der Waals surface area contributed by atoms with Crippen LogP contribution in [-0.4, -0.2) is 82.4 Å². The molecule has 11 nitrogen and oxygen atoms in total. The molecule has 1 N–H and O–H groups in total. The van der Waals surface area contributed by atoms with Crippen molar-refractivity contribution in [2.24, 2.45) is 5.92 Å². The number of carbonyl (C=O) groups is 2. The van der Waals surface area contributed by atoms with Crippen molar-refractivity contribution in [1.82, 2.24) is 25.0 Å². The second-order valence-corrected chi connectivity index (χ2v) is 12.9. The van der Waals surface area contributed by atoms with Gasteiger partial charge in [-0.1, -0.05) is 78.9 Å². The fraction of sp³-hybridized carbons (Fsp3) is 0.359. The van der Waals surface area contributed by atoms with E-state index in [2.05, 4.69) is 10.2 Å². The van der Waals surface area contributed by atoms with E-state index >= 15 is 0 Å². The number of benzene rings is 3. The number of pyridine rings is 1. The number of nitrogens with one attached hydrogen (secondary N) is 1. The van der Waals surface area contributed by atoms with Crippen molar-refractivity contribution in [2.45, 2.75) is 39.3 Å². The summed E-state index contributed by atoms with van der Waals surface area (Å²) in [6.07, 6.45) is 2.53. The zero-order chi connectivity index (χ0) is 35.0. The summed E-state index contributed by atoms with van der Waals surface area (Å²) >= 11 is 0. The molecule has 2 fully saturated rings. The fourth-order valence-corrected chi connectivity index (χ4v) is 7.05. The summed E-state index contributed by atoms with van der Waals surface area (Å²) in [5.74, 6) is -0.205. The molecular weight excluding hydrogens is 632 g/mol. The molecule has 1 unspecified atom stereocenters. The number of ether oxygens (including phenoxy) is 1. The number of hydrogen-bond donors (Lipinski definition) is 1. The van der Waals surface area contributed by atoms with Gasteiger partial charge in [0.15, 0.2) is 5.82 Å². The van der Waals surface area contributed by atoms with Gasteiger partial charge in [0.2, 0.25) is 0 Å². The van der Waals surface area contributed by atoms with Crippen LogP contribution >= 0.6 is 0 Å². The molecule has 0 aliphatic carbocycles. The second kappa shape index (κ2) is 15.9. The number of fused-ring (bicyclic) bond motifs is 1. The monoisotopic (exact) mass is 676 g/mol. The van der Waals surface area contributed by atoms with E-state index in [9.17, 15) is 19.7 Å². The molecule has 260 valence electrons. The zero-order valence-corrected chi connectivity index (χ0v) is 28.7. The first-order valence-corrected chi connectivity index (χ1v) is 17.4. The topological polar surface area (TPSA) is 121 Å². The van der Waals surface area contributed by atoms with Crippen LogP contribution in [0.1, 0.15) is 54.2 Å². The Morgan fingerprint density at radius 2 is 1.64 bits per heavy atom. The third-order valence-corrected chi connectivity index (χ3v) is 9.58. The minimum absolute atomic E-state index is 0.164. The fourth-order valence-electron chi connectivity index (χ4n) is 7.05. The van der Waals surface area contributed by atoms with Crippen LogP contribution in [0.15, 0.2) is 97.0 Å². The summed E-state index contributed by atoms with van der Waals surface area (Å²) in [5.41, 5.74) is 4.89. The number of amides is 1. The van der Waals surface area contributed by atoms with Crippen LogP contribution < -0.4 is 5.32 Å². The lowest BCUT2D eigenvalue weighted by Crippen LogP contribution is -2.50. The lowest BCUT2D eigenvalue weighted by molar-refractivity contribution is -0.405. The summed E-state index contributed by atoms with van der Waals surface area (Å²) in [4.78, 5) is 49.7. The first kappa shape index (κ1) is 34.6. The van der Waals surface area contributed by atoms with Gasteiger partial charge in [0, 0.05) is 62.3 Å². The van der Waals surface area contributed by atoms with E-state index in [0.717, 1.165) is 45.9 Å². The Bertz CT molecular complexity index is 1840. The summed E-state index contributed by atoms with van der Waals surface area (Å²) in [5, 5.41) is 15.8. The Hall–Kier alpha value is -5.29. The number of carbonyl (C=O) groups excluding carboxylic acids is 2. The standard InChI is InChI=1S/C39H44N6O5/c1-3-50-39(47)31-17-12-20-44(25-31)35(27-45(48)49)43-23-21-42(22-24-43)26-33-36(38(46)40-28(2)29-13-6-4-7-14-29)32-18-10-11-19-34(32)41-37(33)30-15-8-5-9-16-30/h4-11,13-16,18-19,27-28,31H,3,12,17,20-26H2,1-2H3,(H,40,46)/b35-27-/t28-,31?/m0/s1. The van der Waals surface area contributed by atoms with E-state index in [1.807, 2.05) is 102 Å². The van der Waals surface area contributed by atoms with E-state index in [1.165, 1.54) is 0 Å². The number of piperidine rings is 1. The summed E-state index contributed by atoms with van der Waals surface area (Å²) in [6.45, 7) is 7.92. The number of nitro groups is 1. The molecule has 11 heteroatoms. The average Bonchev–Trinajstić information content (AvgIpc) is 3.14. The zero-order valence-electron chi connectivity index (χ0n) is 28.7. The van der Waals surface area contributed by atoms with E-state index in [0.29, 0.717) is 70.2 Å². The van der Waals surface area contributed by atoms with Gasteiger partial charge in [0.05, 0.1) is 40.3 Å². The molecule has 6 rings (SSSR count). The maximum atomic E-state index is 14.3. The molecule has 1 amide bonds. The van der Waals surface area contributed by atoms with E-state index in [-0.39, 0.29) is 23.8 Å². The second-order valence-electron chi connectivity index (χ2n) is 12.9. The first-order valence-electron chi connectivity index (χ1n) is 17.4. The van der Waals surface area contributed by atoms with Crippen LogP contribution in [0.2, 0.25) is 0 Å². The molecule has 2 saturated heterocycles. The average molecular weight is 677 g/mol. The number of hydrogen-bond acceptors (Lipinski definition) is 9. The molecule has 0 radical (unpaired) electrons. The molecule has 1 aromatic heterocycles. The van der Waals surface area contributed by atoms with Crippen molar-refractivity contribution >= 4 is 22.8 Å². The van der Waals surface area contributed by atoms with E-state index in [1.54, 1.807) is 6.92 Å². The van der Waals surface area contributed by atoms with Crippen LogP contribution in [0.3, 0.4) is 0 Å². The van der Waals surface area contributed by atoms with Crippen molar-refractivity contribution < 1.29 is 19.2 Å². The van der Waals surface area contributed by atoms with E-state index < -0.39 is 4.92 Å². The number of esters is 1. The highest BCUT2D eigenvalue weighted by atomic mass is 16.6. The van der Waals surface area contributed by atoms with Crippen molar-refractivity contribution in [3.05, 3.63) is 124 Å². The van der Waals surface area contributed by atoms with Crippen LogP contribution in [0, 0.1) is 16.0 Å². The Balaban J connectivity index is 1.29. The number of para-hydroxylation sites is 1. The predicted octanol–water partition coefficient (Wildman–Crippen LogP) is 5.86. The molecule has 2 atom stereocenters. The van der Waals surface area contributed by atoms with Gasteiger partial charge in [-0.3, -0.25) is 24.6 Å². The molecule has 4 aromatic rings. The SMILES string of the molecule is CCOC(=O)C1CCCN(/C(=C\[N+](=O)[O-])N2CCN(Cc3c(-c4ccccc4)nc4ccccc4c3C(=O)N[C@@H](C)c3ccccc3)CC2)C1. The minimum Gasteiger partial charge on any atom is -0.466 e. The third kappa shape index (κ3) is 7.94. The summed E-state index contributed by atoms with van der Waals surface area (Å²) in [6, 6.07) is 27.4. The number of nitrogens with zero attached hydrogens (tertiary/aromatic N) is 5. The Kier molecular flexibility index (Phi) is 11.0. The summed E-state index contributed by atoms with van der Waals surface area (Å²) in [7, 11) is 0. The van der Waals surface area contributed by atoms with Gasteiger partial charge < -0.3 is 19.9 Å². The van der Waals surface area contributed by atoms with Gasteiger partial charge in [-0.25, -0.2) is 4.98 Å². The lowest BCUT2D eigenvalue weighted by Gasteiger charge is -2.42. The number of aromatic nitrogens is 1. The molecule has 0 bridgehead atoms. The normalized spacial score (nSPS) is 17.7. The molecule has 0 spiro atoms. The number of likely N-dealkylation sites (tertiary alicyclic amines) is 1. The van der Waals surface area contributed by atoms with Gasteiger partial charge in [0.1, 0.15) is 0 Å². The van der Waals surface area contributed by atoms with Gasteiger partial charge in [-0.2, -0.15) is 0 Å². The van der Waals surface area contributed by atoms with Crippen LogP contribution in [0.4, 0.5) is 0 Å². The van der Waals surface area contributed by atoms with Crippen molar-refractivity contribution in [1.29, 1.82) is 0 Å². The van der Waals surface area contributed by atoms with E-state index in [4.69, 9.17) is 9.72 Å². The quantitative estimate of drug-likeness (QED) is 0.118. The minimum atomic E-state index is -0.413. The largest absolute Gasteiger partial charge is 0.466 e. The third-order valence-electron chi connectivity index (χ3n) is 9.58. The Labute approximate surface area is 292 Å². The van der Waals surface area contributed by atoms with Crippen LogP contribution in [0.25, 0.3) is 22.2 Å². The molecule has 2 aliphatic heterocycles. The molecule has 2 aliphatic rings. The van der Waals surface area contributed by atoms with Crippen LogP contribution in [0.5, 0.6) is 0 Å². The predicted molar refractivity (Wildman–Crippen MR) is 192 cm³/mol. The first-order chi connectivity index (χ1) is 24.3. The van der Waals surface area contributed by atoms with Gasteiger partial charge in [-0.05, 0) is 38.3 Å². The van der Waals surface area contributed by atoms with Crippen LogP contribution in [-0.2, 0) is 16.1 Å². The van der Waals surface area contributed by atoms with Crippen molar-refractivity contribution in [3.63, 3.8) is 0 Å². The lowest BCUT2D eigenvalue weighted by atomic mass is 9.95. The number of piperazine rings is 1.